The SMILES string of the molecule is CC(C)(C)c1cc(N2CN(c3cc(Oc4ccc5c6ccccc6n(-c6cc(C(C)(C)C)ccn6)c5c4)cc(-c4ccccc4)c3)c3cc(C(C)(C)C)ccc32)cc(C(C)(C)c2ccccc2)c1. The van der Waals surface area contributed by atoms with Gasteiger partial charge in [0.05, 0.1) is 22.4 Å². The van der Waals surface area contributed by atoms with Crippen LogP contribution in [0, 0.1) is 0 Å². The van der Waals surface area contributed by atoms with Crippen molar-refractivity contribution in [3.05, 3.63) is 204 Å². The van der Waals surface area contributed by atoms with E-state index in [1.165, 1.54) is 50.3 Å². The normalized spacial score (nSPS) is 13.4. The van der Waals surface area contributed by atoms with E-state index in [0.29, 0.717) is 6.67 Å². The highest BCUT2D eigenvalue weighted by atomic mass is 16.5. The maximum absolute atomic E-state index is 7.07. The van der Waals surface area contributed by atoms with E-state index < -0.39 is 0 Å². The van der Waals surface area contributed by atoms with Crippen LogP contribution in [0.5, 0.6) is 11.5 Å². The summed E-state index contributed by atoms with van der Waals surface area (Å²) in [5, 5.41) is 2.34. The zero-order chi connectivity index (χ0) is 47.8. The minimum atomic E-state index is -0.212. The lowest BCUT2D eigenvalue weighted by molar-refractivity contribution is 0.483. The maximum atomic E-state index is 7.07. The van der Waals surface area contributed by atoms with Crippen molar-refractivity contribution in [2.75, 3.05) is 16.5 Å². The molecule has 0 unspecified atom stereocenters. The number of hydrogen-bond donors (Lipinski definition) is 0. The fourth-order valence-electron chi connectivity index (χ4n) is 9.75. The third kappa shape index (κ3) is 8.33. The van der Waals surface area contributed by atoms with E-state index in [-0.39, 0.29) is 21.7 Å². The molecule has 0 aliphatic carbocycles. The molecule has 0 radical (unpaired) electrons. The van der Waals surface area contributed by atoms with Crippen molar-refractivity contribution in [3.8, 4) is 28.4 Å². The summed E-state index contributed by atoms with van der Waals surface area (Å²) < 4.78 is 9.35. The maximum Gasteiger partial charge on any atom is 0.137 e. The number of para-hydroxylation sites is 1. The lowest BCUT2D eigenvalue weighted by atomic mass is 9.75. The fourth-order valence-corrected chi connectivity index (χ4v) is 9.75. The van der Waals surface area contributed by atoms with E-state index >= 15 is 0 Å². The highest BCUT2D eigenvalue weighted by Crippen LogP contribution is 2.49. The van der Waals surface area contributed by atoms with Crippen LogP contribution in [0.3, 0.4) is 0 Å². The number of nitrogens with zero attached hydrogens (tertiary/aromatic N) is 4. The van der Waals surface area contributed by atoms with E-state index in [0.717, 1.165) is 50.6 Å². The predicted octanol–water partition coefficient (Wildman–Crippen LogP) is 17.1. The van der Waals surface area contributed by atoms with Gasteiger partial charge < -0.3 is 14.5 Å². The second-order valence-corrected chi connectivity index (χ2v) is 22.3. The van der Waals surface area contributed by atoms with Gasteiger partial charge in [-0.05, 0) is 122 Å². The van der Waals surface area contributed by atoms with Gasteiger partial charge in [-0.15, -0.1) is 0 Å². The van der Waals surface area contributed by atoms with Gasteiger partial charge in [-0.2, -0.15) is 0 Å². The fraction of sp³-hybridized carbons (Fsp3) is 0.254. The lowest BCUT2D eigenvalue weighted by Crippen LogP contribution is -2.26. The minimum Gasteiger partial charge on any atom is -0.457 e. The van der Waals surface area contributed by atoms with Gasteiger partial charge in [0.25, 0.3) is 0 Å². The highest BCUT2D eigenvalue weighted by Gasteiger charge is 2.33. The Hall–Kier alpha value is -7.11. The smallest absolute Gasteiger partial charge is 0.137 e. The molecule has 0 N–H and O–H groups in total. The average molecular weight is 893 g/mol. The van der Waals surface area contributed by atoms with Crippen molar-refractivity contribution < 1.29 is 4.74 Å². The Morgan fingerprint density at radius 3 is 1.75 bits per heavy atom. The Balaban J connectivity index is 1.11. The molecule has 0 saturated carbocycles. The summed E-state index contributed by atoms with van der Waals surface area (Å²) in [6, 6.07) is 62.0. The minimum absolute atomic E-state index is 0.0217. The highest BCUT2D eigenvalue weighted by molar-refractivity contribution is 6.09. The van der Waals surface area contributed by atoms with Crippen LogP contribution in [0.2, 0.25) is 0 Å². The topological polar surface area (TPSA) is 33.5 Å². The predicted molar refractivity (Wildman–Crippen MR) is 287 cm³/mol. The molecule has 342 valence electrons. The molecule has 0 amide bonds. The summed E-state index contributed by atoms with van der Waals surface area (Å²) in [7, 11) is 0. The van der Waals surface area contributed by atoms with E-state index in [1.807, 2.05) is 6.20 Å². The van der Waals surface area contributed by atoms with Crippen LogP contribution in [-0.2, 0) is 21.7 Å². The molecule has 0 atom stereocenters. The number of aromatic nitrogens is 2. The monoisotopic (exact) mass is 893 g/mol. The van der Waals surface area contributed by atoms with E-state index in [1.54, 1.807) is 0 Å². The molecule has 3 heterocycles. The van der Waals surface area contributed by atoms with E-state index in [9.17, 15) is 0 Å². The zero-order valence-corrected chi connectivity index (χ0v) is 41.6. The molecular weight excluding hydrogens is 829 g/mol. The summed E-state index contributed by atoms with van der Waals surface area (Å²) in [5.74, 6) is 2.42. The molecule has 0 fully saturated rings. The Morgan fingerprint density at radius 2 is 1.03 bits per heavy atom. The molecule has 5 heteroatoms. The number of pyridine rings is 1. The van der Waals surface area contributed by atoms with Crippen molar-refractivity contribution in [2.24, 2.45) is 0 Å². The van der Waals surface area contributed by atoms with Crippen molar-refractivity contribution >= 4 is 44.6 Å². The Morgan fingerprint density at radius 1 is 0.412 bits per heavy atom. The van der Waals surface area contributed by atoms with Crippen molar-refractivity contribution in [1.29, 1.82) is 0 Å². The number of benzene rings is 7. The summed E-state index contributed by atoms with van der Waals surface area (Å²) in [6.45, 7) is 25.9. The van der Waals surface area contributed by atoms with E-state index in [4.69, 9.17) is 9.72 Å². The Labute approximate surface area is 403 Å². The second-order valence-electron chi connectivity index (χ2n) is 22.3. The third-order valence-corrected chi connectivity index (χ3v) is 14.1. The zero-order valence-electron chi connectivity index (χ0n) is 41.6. The van der Waals surface area contributed by atoms with Crippen molar-refractivity contribution in [1.82, 2.24) is 9.55 Å². The number of anilines is 4. The molecule has 7 aromatic carbocycles. The lowest BCUT2D eigenvalue weighted by Gasteiger charge is -2.32. The molecule has 10 rings (SSSR count). The van der Waals surface area contributed by atoms with Crippen LogP contribution >= 0.6 is 0 Å². The first kappa shape index (κ1) is 44.7. The number of rotatable bonds is 8. The molecule has 9 aromatic rings. The van der Waals surface area contributed by atoms with Crippen LogP contribution < -0.4 is 14.5 Å². The van der Waals surface area contributed by atoms with Gasteiger partial charge in [-0.1, -0.05) is 167 Å². The average Bonchev–Trinajstić information content (AvgIpc) is 3.87. The van der Waals surface area contributed by atoms with Gasteiger partial charge in [-0.25, -0.2) is 4.98 Å². The molecule has 2 aromatic heterocycles. The van der Waals surface area contributed by atoms with Crippen molar-refractivity contribution in [2.45, 2.75) is 97.8 Å². The first-order valence-electron chi connectivity index (χ1n) is 24.1. The molecule has 1 aliphatic heterocycles. The standard InChI is InChI=1S/C63H64N4O/c1-60(2,3)45-26-29-56-58(37-45)66(41-65(56)50-35-47(62(7,8)9)34-48(36-50)63(10,11)44-22-16-13-17-23-44)49-32-43(42-20-14-12-15-21-42)33-52(39-49)68-51-27-28-54-53-24-18-19-25-55(53)67(57(54)40-51)59-38-46(30-31-64-59)61(4,5)6/h12-40H,41H2,1-11H3. The molecule has 5 nitrogen and oxygen atoms in total. The summed E-state index contributed by atoms with van der Waals surface area (Å²) in [5.41, 5.74) is 15.1. The first-order valence-corrected chi connectivity index (χ1v) is 24.1. The van der Waals surface area contributed by atoms with Gasteiger partial charge in [0.2, 0.25) is 0 Å². The van der Waals surface area contributed by atoms with Crippen LogP contribution in [0.4, 0.5) is 22.7 Å². The largest absolute Gasteiger partial charge is 0.457 e. The number of fused-ring (bicyclic) bond motifs is 4. The summed E-state index contributed by atoms with van der Waals surface area (Å²) in [4.78, 5) is 9.92. The van der Waals surface area contributed by atoms with Gasteiger partial charge in [0.1, 0.15) is 24.0 Å². The van der Waals surface area contributed by atoms with Gasteiger partial charge in [0.15, 0.2) is 0 Å². The molecule has 0 spiro atoms. The van der Waals surface area contributed by atoms with Crippen molar-refractivity contribution in [3.63, 3.8) is 0 Å². The molecule has 0 bridgehead atoms. The van der Waals surface area contributed by atoms with Gasteiger partial charge in [0, 0.05) is 45.9 Å². The van der Waals surface area contributed by atoms with Crippen LogP contribution in [0.1, 0.15) is 104 Å². The molecule has 0 saturated heterocycles. The quantitative estimate of drug-likeness (QED) is 0.152. The first-order chi connectivity index (χ1) is 32.3. The van der Waals surface area contributed by atoms with Gasteiger partial charge in [-0.3, -0.25) is 4.57 Å². The van der Waals surface area contributed by atoms with Crippen LogP contribution in [0.25, 0.3) is 38.8 Å². The second kappa shape index (κ2) is 16.6. The molecule has 1 aliphatic rings. The van der Waals surface area contributed by atoms with Gasteiger partial charge >= 0.3 is 0 Å². The van der Waals surface area contributed by atoms with Crippen LogP contribution in [0.15, 0.2) is 176 Å². The van der Waals surface area contributed by atoms with Crippen LogP contribution in [-0.4, -0.2) is 16.2 Å². The summed E-state index contributed by atoms with van der Waals surface area (Å²) in [6.07, 6.45) is 1.93. The number of hydrogen-bond acceptors (Lipinski definition) is 4. The molecule has 68 heavy (non-hydrogen) atoms. The molecular formula is C63H64N4O. The third-order valence-electron chi connectivity index (χ3n) is 14.1. The Kier molecular flexibility index (Phi) is 10.9. The number of ether oxygens (including phenoxy) is 1. The Bertz CT molecular complexity index is 3320. The summed E-state index contributed by atoms with van der Waals surface area (Å²) >= 11 is 0. The van der Waals surface area contributed by atoms with E-state index in [2.05, 4.69) is 260 Å².